The molecule has 3 aromatic carbocycles. The Hall–Kier alpha value is -4.16. The fraction of sp³-hybridized carbons (Fsp3) is 0.333. The van der Waals surface area contributed by atoms with E-state index in [-0.39, 0.29) is 37.4 Å². The van der Waals surface area contributed by atoms with Gasteiger partial charge in [-0.2, -0.15) is 0 Å². The van der Waals surface area contributed by atoms with Gasteiger partial charge in [0.1, 0.15) is 23.9 Å². The van der Waals surface area contributed by atoms with Crippen molar-refractivity contribution in [2.45, 2.75) is 28.5 Å². The summed E-state index contributed by atoms with van der Waals surface area (Å²) < 4.78 is 16.4. The number of fused-ring (bicyclic) bond motifs is 4. The van der Waals surface area contributed by atoms with Gasteiger partial charge in [0.2, 0.25) is 11.8 Å². The molecule has 7 rings (SSSR count). The fourth-order valence-electron chi connectivity index (χ4n) is 8.19. The number of carbonyl (C=O) groups excluding carboxylic acids is 4. The molecule has 2 aliphatic carbocycles. The summed E-state index contributed by atoms with van der Waals surface area (Å²) in [6.45, 7) is -0.0634. The van der Waals surface area contributed by atoms with Crippen LogP contribution in [0, 0.1) is 17.8 Å². The zero-order chi connectivity index (χ0) is 36.9. The van der Waals surface area contributed by atoms with Gasteiger partial charge >= 0.3 is 0 Å². The number of rotatable bonds is 10. The van der Waals surface area contributed by atoms with E-state index < -0.39 is 51.1 Å². The van der Waals surface area contributed by atoms with E-state index in [1.54, 1.807) is 50.6 Å². The van der Waals surface area contributed by atoms with E-state index >= 15 is 0 Å². The van der Waals surface area contributed by atoms with Crippen LogP contribution in [0.1, 0.15) is 35.4 Å². The summed E-state index contributed by atoms with van der Waals surface area (Å²) >= 11 is 17.9. The molecule has 6 unspecified atom stereocenters. The molecule has 2 heterocycles. The zero-order valence-corrected chi connectivity index (χ0v) is 31.4. The lowest BCUT2D eigenvalue weighted by molar-refractivity contribution is -0.138. The Morgan fingerprint density at radius 2 is 1.60 bits per heavy atom. The lowest BCUT2D eigenvalue weighted by Gasteiger charge is -2.50. The molecule has 1 N–H and O–H groups in total. The minimum Gasteiger partial charge on any atom is -0.497 e. The normalized spacial score (nSPS) is 28.2. The monoisotopic (exact) mass is 808 g/mol. The van der Waals surface area contributed by atoms with Crippen LogP contribution in [0.15, 0.2) is 78.4 Å². The molecule has 0 bridgehead atoms. The molecule has 1 saturated carbocycles. The Bertz CT molecular complexity index is 2000. The van der Waals surface area contributed by atoms with Gasteiger partial charge in [0.25, 0.3) is 11.8 Å². The molecular weight excluding hydrogens is 775 g/mol. The Kier molecular flexibility index (Phi) is 9.75. The van der Waals surface area contributed by atoms with Gasteiger partial charge in [-0.1, -0.05) is 64.0 Å². The Morgan fingerprint density at radius 3 is 2.25 bits per heavy atom. The molecule has 13 heteroatoms. The standard InChI is InChI=1S/C39H35BrCl2N2O8/c1-50-27-13-16-31(51-2)24(19-27)6-3-22-4-9-25(10-5-22)44-34(46)29-15-14-28-30(32(29)35(44)47)20-38(41)36(48)43(21-40)37(49)39(38,42)33(28)23-7-11-26(12-8-23)52-18-17-45/h3-14,16,19,29-30,32-33,45H,15,17-18,20-21H2,1-2H3. The smallest absolute Gasteiger partial charge is 0.254 e. The first-order valence-corrected chi connectivity index (χ1v) is 18.6. The highest BCUT2D eigenvalue weighted by Crippen LogP contribution is 2.65. The van der Waals surface area contributed by atoms with Crippen LogP contribution in [0.2, 0.25) is 0 Å². The fourth-order valence-corrected chi connectivity index (χ4v) is 9.62. The summed E-state index contributed by atoms with van der Waals surface area (Å²) in [7, 11) is 3.19. The number of amides is 4. The topological polar surface area (TPSA) is 123 Å². The van der Waals surface area contributed by atoms with Gasteiger partial charge in [-0.25, -0.2) is 0 Å². The summed E-state index contributed by atoms with van der Waals surface area (Å²) in [5.41, 5.74) is 3.28. The summed E-state index contributed by atoms with van der Waals surface area (Å²) in [6, 6.07) is 19.5. The summed E-state index contributed by atoms with van der Waals surface area (Å²) in [5, 5.41) is 9.19. The molecule has 10 nitrogen and oxygen atoms in total. The first-order valence-electron chi connectivity index (χ1n) is 16.7. The number of aliphatic hydroxyl groups is 1. The highest BCUT2D eigenvalue weighted by atomic mass is 79.9. The van der Waals surface area contributed by atoms with Crippen molar-refractivity contribution in [1.82, 2.24) is 4.90 Å². The second kappa shape index (κ2) is 14.0. The highest BCUT2D eigenvalue weighted by molar-refractivity contribution is 9.09. The Morgan fingerprint density at radius 1 is 0.885 bits per heavy atom. The summed E-state index contributed by atoms with van der Waals surface area (Å²) in [4.78, 5) is 54.8. The van der Waals surface area contributed by atoms with Gasteiger partial charge in [0.15, 0.2) is 9.75 Å². The number of hydrogen-bond acceptors (Lipinski definition) is 8. The molecule has 270 valence electrons. The third-order valence-electron chi connectivity index (χ3n) is 10.6. The molecule has 4 aliphatic rings. The molecule has 4 amide bonds. The highest BCUT2D eigenvalue weighted by Gasteiger charge is 2.76. The number of halogens is 3. The maximum absolute atomic E-state index is 14.4. The second-order valence-corrected chi connectivity index (χ2v) is 14.9. The van der Waals surface area contributed by atoms with Crippen molar-refractivity contribution in [2.24, 2.45) is 17.8 Å². The van der Waals surface area contributed by atoms with E-state index in [1.165, 1.54) is 4.90 Å². The largest absolute Gasteiger partial charge is 0.497 e. The van der Waals surface area contributed by atoms with Crippen LogP contribution in [0.3, 0.4) is 0 Å². The molecule has 0 radical (unpaired) electrons. The molecule has 0 aromatic heterocycles. The van der Waals surface area contributed by atoms with E-state index in [0.29, 0.717) is 34.1 Å². The van der Waals surface area contributed by atoms with Crippen molar-refractivity contribution in [3.8, 4) is 17.2 Å². The predicted molar refractivity (Wildman–Crippen MR) is 200 cm³/mol. The quantitative estimate of drug-likeness (QED) is 0.0850. The molecular formula is C39H35BrCl2N2O8. The van der Waals surface area contributed by atoms with Gasteiger partial charge in [-0.05, 0) is 72.4 Å². The molecule has 3 fully saturated rings. The predicted octanol–water partition coefficient (Wildman–Crippen LogP) is 6.16. The SMILES string of the molecule is COc1ccc(OC)c(C=Cc2ccc(N3C(=O)C4CC=C5C(CC6(Cl)C(=O)N(CBr)C(=O)C6(Cl)C5c5ccc(OCCO)cc5)C4C3=O)cc2)c1. The number of allylic oxidation sites excluding steroid dienone is 2. The lowest BCUT2D eigenvalue weighted by Crippen LogP contribution is -2.60. The molecule has 2 aliphatic heterocycles. The van der Waals surface area contributed by atoms with Crippen LogP contribution in [0.4, 0.5) is 5.69 Å². The molecule has 2 saturated heterocycles. The maximum Gasteiger partial charge on any atom is 0.254 e. The average molecular weight is 811 g/mol. The summed E-state index contributed by atoms with van der Waals surface area (Å²) in [5.74, 6) is -3.18. The molecule has 6 atom stereocenters. The number of ether oxygens (including phenoxy) is 3. The number of aliphatic hydroxyl groups excluding tert-OH is 1. The van der Waals surface area contributed by atoms with Crippen LogP contribution >= 0.6 is 39.1 Å². The van der Waals surface area contributed by atoms with Crippen LogP contribution in [0.5, 0.6) is 17.2 Å². The third kappa shape index (κ3) is 5.55. The molecule has 52 heavy (non-hydrogen) atoms. The van der Waals surface area contributed by atoms with Crippen molar-refractivity contribution in [2.75, 3.05) is 37.8 Å². The van der Waals surface area contributed by atoms with Crippen LogP contribution in [-0.2, 0) is 19.2 Å². The van der Waals surface area contributed by atoms with Gasteiger partial charge in [-0.3, -0.25) is 29.0 Å². The Labute approximate surface area is 319 Å². The van der Waals surface area contributed by atoms with Gasteiger partial charge in [0.05, 0.1) is 43.8 Å². The lowest BCUT2D eigenvalue weighted by atomic mass is 9.56. The Balaban J connectivity index is 1.21. The number of alkyl halides is 3. The van der Waals surface area contributed by atoms with Gasteiger partial charge in [0, 0.05) is 11.5 Å². The van der Waals surface area contributed by atoms with Gasteiger partial charge in [-0.15, -0.1) is 23.2 Å². The van der Waals surface area contributed by atoms with Crippen molar-refractivity contribution in [1.29, 1.82) is 0 Å². The van der Waals surface area contributed by atoms with E-state index in [1.807, 2.05) is 48.6 Å². The number of methoxy groups -OCH3 is 2. The average Bonchev–Trinajstić information content (AvgIpc) is 3.50. The zero-order valence-electron chi connectivity index (χ0n) is 28.3. The van der Waals surface area contributed by atoms with E-state index in [9.17, 15) is 24.3 Å². The number of likely N-dealkylation sites (tertiary alicyclic amines) is 1. The number of nitrogens with zero attached hydrogens (tertiary/aromatic N) is 2. The second-order valence-electron chi connectivity index (χ2n) is 13.2. The van der Waals surface area contributed by atoms with Crippen LogP contribution < -0.4 is 19.1 Å². The van der Waals surface area contributed by atoms with Crippen molar-refractivity contribution < 1.29 is 38.5 Å². The summed E-state index contributed by atoms with van der Waals surface area (Å²) in [6.07, 6.45) is 5.84. The van der Waals surface area contributed by atoms with E-state index in [4.69, 9.17) is 37.4 Å². The van der Waals surface area contributed by atoms with E-state index in [0.717, 1.165) is 16.0 Å². The van der Waals surface area contributed by atoms with Crippen LogP contribution in [-0.4, -0.2) is 76.3 Å². The maximum atomic E-state index is 14.4. The minimum absolute atomic E-state index is 0.0983. The third-order valence-corrected chi connectivity index (χ3v) is 12.5. The van der Waals surface area contributed by atoms with Crippen LogP contribution in [0.25, 0.3) is 12.2 Å². The number of carbonyl (C=O) groups is 4. The number of anilines is 1. The number of benzene rings is 3. The van der Waals surface area contributed by atoms with E-state index in [2.05, 4.69) is 15.9 Å². The van der Waals surface area contributed by atoms with Crippen molar-refractivity contribution in [3.63, 3.8) is 0 Å². The molecule has 0 spiro atoms. The van der Waals surface area contributed by atoms with Gasteiger partial charge < -0.3 is 19.3 Å². The number of imide groups is 2. The minimum atomic E-state index is -1.90. The molecule has 3 aromatic rings. The van der Waals surface area contributed by atoms with Crippen molar-refractivity contribution >= 4 is 80.6 Å². The number of hydrogen-bond donors (Lipinski definition) is 1. The van der Waals surface area contributed by atoms with Crippen molar-refractivity contribution in [3.05, 3.63) is 95.1 Å². The first-order chi connectivity index (χ1) is 25.0. The first kappa shape index (κ1) is 36.2.